The molecular weight excluding hydrogens is 433 g/mol. The third kappa shape index (κ3) is 5.85. The van der Waals surface area contributed by atoms with E-state index in [1.54, 1.807) is 43.7 Å². The quantitative estimate of drug-likeness (QED) is 0.320. The van der Waals surface area contributed by atoms with Gasteiger partial charge in [-0.15, -0.1) is 11.3 Å². The van der Waals surface area contributed by atoms with Crippen LogP contribution in [0, 0.1) is 5.82 Å². The van der Waals surface area contributed by atoms with Gasteiger partial charge in [0.15, 0.2) is 11.5 Å². The molecule has 1 heterocycles. The number of carbonyl (C=O) groups is 2. The maximum Gasteiger partial charge on any atom is 0.341 e. The van der Waals surface area contributed by atoms with Gasteiger partial charge < -0.3 is 19.5 Å². The molecule has 3 aromatic rings. The van der Waals surface area contributed by atoms with Gasteiger partial charge >= 0.3 is 5.97 Å². The molecule has 6 nitrogen and oxygen atoms in total. The molecule has 0 atom stereocenters. The van der Waals surface area contributed by atoms with Crippen LogP contribution in [0.1, 0.15) is 30.1 Å². The number of thiophene rings is 1. The summed E-state index contributed by atoms with van der Waals surface area (Å²) in [7, 11) is 1.57. The fourth-order valence-electron chi connectivity index (χ4n) is 3.04. The first-order valence-electron chi connectivity index (χ1n) is 10.1. The number of esters is 1. The number of para-hydroxylation sites is 2. The van der Waals surface area contributed by atoms with Crippen molar-refractivity contribution in [3.63, 3.8) is 0 Å². The normalized spacial score (nSPS) is 10.5. The van der Waals surface area contributed by atoms with Crippen LogP contribution in [0.3, 0.4) is 0 Å². The largest absolute Gasteiger partial charge is 0.493 e. The van der Waals surface area contributed by atoms with Gasteiger partial charge in [0.2, 0.25) is 5.91 Å². The van der Waals surface area contributed by atoms with Gasteiger partial charge in [-0.3, -0.25) is 4.79 Å². The Labute approximate surface area is 189 Å². The van der Waals surface area contributed by atoms with Gasteiger partial charge in [-0.05, 0) is 43.2 Å². The van der Waals surface area contributed by atoms with Crippen LogP contribution in [0.4, 0.5) is 9.39 Å². The summed E-state index contributed by atoms with van der Waals surface area (Å²) >= 11 is 1.22. The molecule has 0 aliphatic carbocycles. The number of hydrogen-bond acceptors (Lipinski definition) is 6. The number of benzene rings is 2. The van der Waals surface area contributed by atoms with Crippen LogP contribution >= 0.6 is 11.3 Å². The lowest BCUT2D eigenvalue weighted by Gasteiger charge is -2.11. The van der Waals surface area contributed by atoms with E-state index < -0.39 is 5.97 Å². The number of nitrogens with one attached hydrogen (secondary N) is 1. The highest BCUT2D eigenvalue weighted by molar-refractivity contribution is 7.15. The van der Waals surface area contributed by atoms with E-state index in [0.717, 1.165) is 0 Å². The predicted octanol–water partition coefficient (Wildman–Crippen LogP) is 5.54. The number of carbonyl (C=O) groups excluding carboxylic acids is 2. The summed E-state index contributed by atoms with van der Waals surface area (Å²) in [5.74, 6) is 0.0882. The molecule has 0 saturated carbocycles. The fourth-order valence-corrected chi connectivity index (χ4v) is 4.01. The van der Waals surface area contributed by atoms with Crippen molar-refractivity contribution in [2.45, 2.75) is 19.8 Å². The minimum absolute atomic E-state index is 0.200. The molecule has 1 amide bonds. The Kier molecular flexibility index (Phi) is 8.21. The minimum Gasteiger partial charge on any atom is -0.493 e. The SMILES string of the molecule is CCOC(=O)c1c(-c2ccc(F)cc2)csc1NC(=O)CCCOc1ccccc1OC. The van der Waals surface area contributed by atoms with Crippen LogP contribution in [0.5, 0.6) is 11.5 Å². The zero-order valence-corrected chi connectivity index (χ0v) is 18.7. The monoisotopic (exact) mass is 457 g/mol. The molecule has 3 rings (SSSR count). The number of rotatable bonds is 10. The van der Waals surface area contributed by atoms with E-state index in [1.165, 1.54) is 23.5 Å². The number of ether oxygens (including phenoxy) is 3. The summed E-state index contributed by atoms with van der Waals surface area (Å²) < 4.78 is 29.4. The van der Waals surface area contributed by atoms with E-state index in [4.69, 9.17) is 14.2 Å². The first-order chi connectivity index (χ1) is 15.5. The first kappa shape index (κ1) is 23.3. The lowest BCUT2D eigenvalue weighted by atomic mass is 10.0. The second-order valence-electron chi connectivity index (χ2n) is 6.73. The average Bonchev–Trinajstić information content (AvgIpc) is 3.21. The van der Waals surface area contributed by atoms with Gasteiger partial charge in [-0.25, -0.2) is 9.18 Å². The van der Waals surface area contributed by atoms with Gasteiger partial charge in [0.05, 0.1) is 20.3 Å². The summed E-state index contributed by atoms with van der Waals surface area (Å²) in [5.41, 5.74) is 1.52. The van der Waals surface area contributed by atoms with Gasteiger partial charge in [0.25, 0.3) is 0 Å². The Bertz CT molecular complexity index is 1060. The van der Waals surface area contributed by atoms with Gasteiger partial charge in [-0.2, -0.15) is 0 Å². The molecule has 168 valence electrons. The highest BCUT2D eigenvalue weighted by Crippen LogP contribution is 2.36. The van der Waals surface area contributed by atoms with Gasteiger partial charge in [-0.1, -0.05) is 24.3 Å². The van der Waals surface area contributed by atoms with E-state index in [-0.39, 0.29) is 30.3 Å². The molecule has 0 aliphatic rings. The van der Waals surface area contributed by atoms with Crippen molar-refractivity contribution >= 4 is 28.2 Å². The Morgan fingerprint density at radius 2 is 1.78 bits per heavy atom. The van der Waals surface area contributed by atoms with Crippen molar-refractivity contribution < 1.29 is 28.2 Å². The second kappa shape index (κ2) is 11.3. The third-order valence-corrected chi connectivity index (χ3v) is 5.45. The molecule has 0 radical (unpaired) electrons. The number of anilines is 1. The molecule has 0 fully saturated rings. The average molecular weight is 458 g/mol. The number of hydrogen-bond donors (Lipinski definition) is 1. The van der Waals surface area contributed by atoms with E-state index >= 15 is 0 Å². The minimum atomic E-state index is -0.539. The van der Waals surface area contributed by atoms with E-state index in [9.17, 15) is 14.0 Å². The molecule has 32 heavy (non-hydrogen) atoms. The molecule has 0 saturated heterocycles. The van der Waals surface area contributed by atoms with E-state index in [1.807, 2.05) is 12.1 Å². The smallest absolute Gasteiger partial charge is 0.341 e. The van der Waals surface area contributed by atoms with Gasteiger partial charge in [0, 0.05) is 17.4 Å². The third-order valence-electron chi connectivity index (χ3n) is 4.55. The van der Waals surface area contributed by atoms with Crippen molar-refractivity contribution in [1.82, 2.24) is 0 Å². The summed E-state index contributed by atoms with van der Waals surface area (Å²) in [6, 6.07) is 13.1. The zero-order valence-electron chi connectivity index (χ0n) is 17.9. The van der Waals surface area contributed by atoms with E-state index in [0.29, 0.717) is 40.7 Å². The molecule has 1 N–H and O–H groups in total. The van der Waals surface area contributed by atoms with Gasteiger partial charge in [0.1, 0.15) is 16.4 Å². The van der Waals surface area contributed by atoms with Crippen LogP contribution in [0.2, 0.25) is 0 Å². The highest BCUT2D eigenvalue weighted by Gasteiger charge is 2.22. The molecule has 1 aromatic heterocycles. The molecule has 0 spiro atoms. The number of halogens is 1. The molecule has 0 aliphatic heterocycles. The Balaban J connectivity index is 1.65. The topological polar surface area (TPSA) is 73.9 Å². The van der Waals surface area contributed by atoms with Crippen LogP contribution in [0.15, 0.2) is 53.9 Å². The molecule has 8 heteroatoms. The van der Waals surface area contributed by atoms with Crippen LogP contribution in [-0.4, -0.2) is 32.2 Å². The lowest BCUT2D eigenvalue weighted by molar-refractivity contribution is -0.116. The maximum atomic E-state index is 13.3. The van der Waals surface area contributed by atoms with Crippen LogP contribution in [0.25, 0.3) is 11.1 Å². The van der Waals surface area contributed by atoms with Crippen LogP contribution < -0.4 is 14.8 Å². The Morgan fingerprint density at radius 3 is 2.47 bits per heavy atom. The maximum absolute atomic E-state index is 13.3. The molecular formula is C24H24FNO5S. The van der Waals surface area contributed by atoms with Crippen molar-refractivity contribution in [3.05, 3.63) is 65.3 Å². The lowest BCUT2D eigenvalue weighted by Crippen LogP contribution is -2.15. The van der Waals surface area contributed by atoms with Crippen molar-refractivity contribution in [2.24, 2.45) is 0 Å². The van der Waals surface area contributed by atoms with Crippen LogP contribution in [-0.2, 0) is 9.53 Å². The Hall–Kier alpha value is -3.39. The molecule has 0 unspecified atom stereocenters. The van der Waals surface area contributed by atoms with Crippen molar-refractivity contribution in [2.75, 3.05) is 25.6 Å². The van der Waals surface area contributed by atoms with Crippen molar-refractivity contribution in [3.8, 4) is 22.6 Å². The molecule has 2 aromatic carbocycles. The summed E-state index contributed by atoms with van der Waals surface area (Å²) in [6.07, 6.45) is 0.690. The highest BCUT2D eigenvalue weighted by atomic mass is 32.1. The standard InChI is InChI=1S/C24H24FNO5S/c1-3-30-24(28)22-18(16-10-12-17(25)13-11-16)15-32-23(22)26-21(27)9-6-14-31-20-8-5-4-7-19(20)29-2/h4-5,7-8,10-13,15H,3,6,9,14H2,1-2H3,(H,26,27). The predicted molar refractivity (Wildman–Crippen MR) is 122 cm³/mol. The summed E-state index contributed by atoms with van der Waals surface area (Å²) in [5, 5.41) is 4.95. The fraction of sp³-hybridized carbons (Fsp3) is 0.250. The summed E-state index contributed by atoms with van der Waals surface area (Å²) in [4.78, 5) is 25.1. The Morgan fingerprint density at radius 1 is 1.06 bits per heavy atom. The van der Waals surface area contributed by atoms with E-state index in [2.05, 4.69) is 5.32 Å². The zero-order chi connectivity index (χ0) is 22.9. The number of amides is 1. The first-order valence-corrected chi connectivity index (χ1v) is 11.0. The second-order valence-corrected chi connectivity index (χ2v) is 7.61. The number of methoxy groups -OCH3 is 1. The van der Waals surface area contributed by atoms with Crippen molar-refractivity contribution in [1.29, 1.82) is 0 Å². The molecule has 0 bridgehead atoms. The summed E-state index contributed by atoms with van der Waals surface area (Å²) in [6.45, 7) is 2.25.